The van der Waals surface area contributed by atoms with Crippen LogP contribution >= 0.6 is 11.6 Å². The van der Waals surface area contributed by atoms with Gasteiger partial charge in [-0.1, -0.05) is 0 Å². The Morgan fingerprint density at radius 1 is 1.47 bits per heavy atom. The van der Waals surface area contributed by atoms with Crippen LogP contribution in [0.15, 0.2) is 0 Å². The molecule has 0 radical (unpaired) electrons. The molecule has 0 amide bonds. The number of aromatic nitrogens is 2. The van der Waals surface area contributed by atoms with E-state index in [2.05, 4.69) is 5.10 Å². The normalized spacial score (nSPS) is 15.1. The SMILES string of the molecule is Cn1nc(C(=O)CCCl)c2c1CCCC2. The molecular weight excluding hydrogens is 212 g/mol. The van der Waals surface area contributed by atoms with Gasteiger partial charge in [0, 0.05) is 30.6 Å². The molecule has 1 heterocycles. The van der Waals surface area contributed by atoms with Crippen LogP contribution in [-0.2, 0) is 19.9 Å². The first kappa shape index (κ1) is 10.7. The number of carbonyl (C=O) groups is 1. The van der Waals surface area contributed by atoms with Crippen LogP contribution in [0.5, 0.6) is 0 Å². The number of Topliss-reactive ketones (excluding diaryl/α,β-unsaturated/α-hetero) is 1. The second kappa shape index (κ2) is 4.35. The van der Waals surface area contributed by atoms with E-state index in [0.29, 0.717) is 18.0 Å². The summed E-state index contributed by atoms with van der Waals surface area (Å²) in [6, 6.07) is 0. The summed E-state index contributed by atoms with van der Waals surface area (Å²) in [6.07, 6.45) is 4.81. The van der Waals surface area contributed by atoms with Gasteiger partial charge < -0.3 is 0 Å². The third kappa shape index (κ3) is 1.93. The fourth-order valence-corrected chi connectivity index (χ4v) is 2.37. The second-order valence-corrected chi connectivity index (χ2v) is 4.34. The highest BCUT2D eigenvalue weighted by molar-refractivity contribution is 6.19. The van der Waals surface area contributed by atoms with Crippen LogP contribution in [0, 0.1) is 0 Å². The van der Waals surface area contributed by atoms with Crippen LogP contribution in [-0.4, -0.2) is 21.4 Å². The number of hydrogen-bond donors (Lipinski definition) is 0. The van der Waals surface area contributed by atoms with Crippen LogP contribution < -0.4 is 0 Å². The molecular formula is C11H15ClN2O. The average molecular weight is 227 g/mol. The highest BCUT2D eigenvalue weighted by Crippen LogP contribution is 2.24. The summed E-state index contributed by atoms with van der Waals surface area (Å²) in [5, 5.41) is 4.32. The summed E-state index contributed by atoms with van der Waals surface area (Å²) in [7, 11) is 1.92. The molecule has 0 N–H and O–H groups in total. The molecule has 1 aromatic heterocycles. The molecule has 82 valence electrons. The van der Waals surface area contributed by atoms with Crippen molar-refractivity contribution in [3.05, 3.63) is 17.0 Å². The van der Waals surface area contributed by atoms with Gasteiger partial charge in [-0.2, -0.15) is 5.10 Å². The first-order chi connectivity index (χ1) is 7.24. The Kier molecular flexibility index (Phi) is 3.10. The zero-order chi connectivity index (χ0) is 10.8. The Bertz CT molecular complexity index is 384. The van der Waals surface area contributed by atoms with Crippen LogP contribution in [0.2, 0.25) is 0 Å². The van der Waals surface area contributed by atoms with Gasteiger partial charge in [0.1, 0.15) is 5.69 Å². The molecule has 0 saturated carbocycles. The highest BCUT2D eigenvalue weighted by atomic mass is 35.5. The first-order valence-electron chi connectivity index (χ1n) is 5.38. The van der Waals surface area contributed by atoms with Crippen molar-refractivity contribution in [1.29, 1.82) is 0 Å². The summed E-state index contributed by atoms with van der Waals surface area (Å²) in [6.45, 7) is 0. The molecule has 0 unspecified atom stereocenters. The summed E-state index contributed by atoms with van der Waals surface area (Å²) < 4.78 is 1.86. The molecule has 0 atom stereocenters. The smallest absolute Gasteiger partial charge is 0.184 e. The van der Waals surface area contributed by atoms with E-state index >= 15 is 0 Å². The molecule has 1 aromatic rings. The summed E-state index contributed by atoms with van der Waals surface area (Å²) >= 11 is 5.58. The minimum absolute atomic E-state index is 0.0868. The van der Waals surface area contributed by atoms with Gasteiger partial charge in [0.15, 0.2) is 5.78 Å². The summed E-state index contributed by atoms with van der Waals surface area (Å²) in [5.41, 5.74) is 3.06. The Balaban J connectivity index is 2.35. The maximum atomic E-state index is 11.8. The lowest BCUT2D eigenvalue weighted by Crippen LogP contribution is -2.08. The number of alkyl halides is 1. The van der Waals surface area contributed by atoms with Crippen molar-refractivity contribution in [1.82, 2.24) is 9.78 Å². The molecule has 0 spiro atoms. The predicted molar refractivity (Wildman–Crippen MR) is 59.5 cm³/mol. The quantitative estimate of drug-likeness (QED) is 0.585. The molecule has 4 heteroatoms. The van der Waals surface area contributed by atoms with E-state index in [0.717, 1.165) is 12.8 Å². The average Bonchev–Trinajstić information content (AvgIpc) is 2.58. The van der Waals surface area contributed by atoms with Crippen LogP contribution in [0.25, 0.3) is 0 Å². The van der Waals surface area contributed by atoms with Crippen molar-refractivity contribution in [3.63, 3.8) is 0 Å². The zero-order valence-corrected chi connectivity index (χ0v) is 9.68. The first-order valence-corrected chi connectivity index (χ1v) is 5.91. The molecule has 3 nitrogen and oxygen atoms in total. The van der Waals surface area contributed by atoms with E-state index in [1.165, 1.54) is 24.1 Å². The molecule has 0 bridgehead atoms. The standard InChI is InChI=1S/C11H15ClN2O/c1-14-9-5-3-2-4-8(9)11(13-14)10(15)6-7-12/h2-7H2,1H3. The zero-order valence-electron chi connectivity index (χ0n) is 8.92. The number of halogens is 1. The largest absolute Gasteiger partial charge is 0.292 e. The molecule has 0 aromatic carbocycles. The van der Waals surface area contributed by atoms with Crippen LogP contribution in [0.1, 0.15) is 41.0 Å². The van der Waals surface area contributed by atoms with E-state index in [4.69, 9.17) is 11.6 Å². The monoisotopic (exact) mass is 226 g/mol. The van der Waals surface area contributed by atoms with Gasteiger partial charge >= 0.3 is 0 Å². The van der Waals surface area contributed by atoms with Crippen LogP contribution in [0.3, 0.4) is 0 Å². The molecule has 2 rings (SSSR count). The molecule has 1 aliphatic rings. The van der Waals surface area contributed by atoms with Crippen molar-refractivity contribution in [2.45, 2.75) is 32.1 Å². The minimum atomic E-state index is 0.0868. The lowest BCUT2D eigenvalue weighted by Gasteiger charge is -2.11. The predicted octanol–water partition coefficient (Wildman–Crippen LogP) is 2.11. The molecule has 0 aliphatic heterocycles. The topological polar surface area (TPSA) is 34.9 Å². The number of ketones is 1. The third-order valence-electron chi connectivity index (χ3n) is 2.95. The number of fused-ring (bicyclic) bond motifs is 1. The van der Waals surface area contributed by atoms with Gasteiger partial charge in [-0.05, 0) is 25.7 Å². The Labute approximate surface area is 94.4 Å². The maximum absolute atomic E-state index is 11.8. The number of nitrogens with zero attached hydrogens (tertiary/aromatic N) is 2. The van der Waals surface area contributed by atoms with E-state index in [-0.39, 0.29) is 5.78 Å². The summed E-state index contributed by atoms with van der Waals surface area (Å²) in [4.78, 5) is 11.8. The van der Waals surface area contributed by atoms with Gasteiger partial charge in [-0.15, -0.1) is 11.6 Å². The van der Waals surface area contributed by atoms with E-state index in [1.807, 2.05) is 11.7 Å². The Hall–Kier alpha value is -0.830. The highest BCUT2D eigenvalue weighted by Gasteiger charge is 2.22. The lowest BCUT2D eigenvalue weighted by atomic mass is 9.94. The summed E-state index contributed by atoms with van der Waals surface area (Å²) in [5.74, 6) is 0.466. The van der Waals surface area contributed by atoms with Gasteiger partial charge in [-0.25, -0.2) is 0 Å². The Morgan fingerprint density at radius 2 is 2.20 bits per heavy atom. The number of hydrogen-bond acceptors (Lipinski definition) is 2. The van der Waals surface area contributed by atoms with Gasteiger partial charge in [0.25, 0.3) is 0 Å². The van der Waals surface area contributed by atoms with Crippen molar-refractivity contribution in [2.75, 3.05) is 5.88 Å². The van der Waals surface area contributed by atoms with E-state index in [1.54, 1.807) is 0 Å². The van der Waals surface area contributed by atoms with E-state index in [9.17, 15) is 4.79 Å². The molecule has 0 saturated heterocycles. The fourth-order valence-electron chi connectivity index (χ4n) is 2.20. The molecule has 0 fully saturated rings. The van der Waals surface area contributed by atoms with Crippen molar-refractivity contribution >= 4 is 17.4 Å². The number of aryl methyl sites for hydroxylation is 1. The lowest BCUT2D eigenvalue weighted by molar-refractivity contribution is 0.0983. The van der Waals surface area contributed by atoms with Gasteiger partial charge in [-0.3, -0.25) is 9.48 Å². The van der Waals surface area contributed by atoms with Crippen molar-refractivity contribution in [3.8, 4) is 0 Å². The molecule has 15 heavy (non-hydrogen) atoms. The third-order valence-corrected chi connectivity index (χ3v) is 3.14. The van der Waals surface area contributed by atoms with Crippen LogP contribution in [0.4, 0.5) is 0 Å². The maximum Gasteiger partial charge on any atom is 0.184 e. The van der Waals surface area contributed by atoms with Crippen molar-refractivity contribution < 1.29 is 4.79 Å². The number of rotatable bonds is 3. The minimum Gasteiger partial charge on any atom is -0.292 e. The van der Waals surface area contributed by atoms with Gasteiger partial charge in [0.2, 0.25) is 0 Å². The fraction of sp³-hybridized carbons (Fsp3) is 0.636. The van der Waals surface area contributed by atoms with E-state index < -0.39 is 0 Å². The Morgan fingerprint density at radius 3 is 2.93 bits per heavy atom. The van der Waals surface area contributed by atoms with Crippen molar-refractivity contribution in [2.24, 2.45) is 7.05 Å². The molecule has 1 aliphatic carbocycles. The number of carbonyl (C=O) groups excluding carboxylic acids is 1. The second-order valence-electron chi connectivity index (χ2n) is 3.97. The van der Waals surface area contributed by atoms with Gasteiger partial charge in [0.05, 0.1) is 0 Å².